The number of nitrogens with two attached hydrogens (primary N) is 1. The summed E-state index contributed by atoms with van der Waals surface area (Å²) in [5, 5.41) is 3.23. The third-order valence-electron chi connectivity index (χ3n) is 4.06. The summed E-state index contributed by atoms with van der Waals surface area (Å²) in [5.41, 5.74) is 5.74. The Morgan fingerprint density at radius 2 is 2.05 bits per heavy atom. The van der Waals surface area contributed by atoms with Gasteiger partial charge in [-0.05, 0) is 26.4 Å². The Kier molecular flexibility index (Phi) is 4.72. The van der Waals surface area contributed by atoms with Crippen LogP contribution in [0.2, 0.25) is 0 Å². The Morgan fingerprint density at radius 1 is 1.33 bits per heavy atom. The average molecular weight is 295 g/mol. The van der Waals surface area contributed by atoms with Gasteiger partial charge < -0.3 is 16.0 Å². The van der Waals surface area contributed by atoms with Gasteiger partial charge in [-0.3, -0.25) is 13.9 Å². The van der Waals surface area contributed by atoms with Crippen LogP contribution < -0.4 is 22.3 Å². The van der Waals surface area contributed by atoms with Crippen LogP contribution in [0, 0.1) is 0 Å². The number of likely N-dealkylation sites (tertiary alicyclic amines) is 1. The monoisotopic (exact) mass is 295 g/mol. The lowest BCUT2D eigenvalue weighted by Crippen LogP contribution is -2.42. The van der Waals surface area contributed by atoms with Gasteiger partial charge in [0.1, 0.15) is 11.5 Å². The Labute approximate surface area is 124 Å². The van der Waals surface area contributed by atoms with E-state index in [1.54, 1.807) is 0 Å². The van der Waals surface area contributed by atoms with Gasteiger partial charge in [0.2, 0.25) is 0 Å². The molecule has 3 N–H and O–H groups in total. The molecule has 1 aliphatic rings. The molecule has 7 heteroatoms. The third-order valence-corrected chi connectivity index (χ3v) is 4.06. The molecular formula is C14H25N5O2. The van der Waals surface area contributed by atoms with Crippen LogP contribution in [0.3, 0.4) is 0 Å². The molecule has 1 unspecified atom stereocenters. The lowest BCUT2D eigenvalue weighted by molar-refractivity contribution is 0.414. The highest BCUT2D eigenvalue weighted by molar-refractivity contribution is 5.61. The van der Waals surface area contributed by atoms with E-state index in [0.29, 0.717) is 12.2 Å². The maximum Gasteiger partial charge on any atom is 0.332 e. The van der Waals surface area contributed by atoms with Crippen molar-refractivity contribution in [3.63, 3.8) is 0 Å². The number of nitrogen functional groups attached to an aromatic ring is 1. The van der Waals surface area contributed by atoms with Crippen LogP contribution in [0.1, 0.15) is 26.2 Å². The van der Waals surface area contributed by atoms with Gasteiger partial charge in [-0.1, -0.05) is 13.3 Å². The fourth-order valence-electron chi connectivity index (χ4n) is 2.71. The van der Waals surface area contributed by atoms with E-state index in [0.717, 1.165) is 36.9 Å². The van der Waals surface area contributed by atoms with Crippen molar-refractivity contribution < 1.29 is 0 Å². The third kappa shape index (κ3) is 3.12. The molecule has 1 aliphatic heterocycles. The highest BCUT2D eigenvalue weighted by Crippen LogP contribution is 2.17. The zero-order valence-electron chi connectivity index (χ0n) is 13.1. The minimum atomic E-state index is -0.347. The average Bonchev–Trinajstić information content (AvgIpc) is 2.87. The molecule has 1 aromatic rings. The van der Waals surface area contributed by atoms with Crippen molar-refractivity contribution in [2.24, 2.45) is 7.05 Å². The molecule has 7 nitrogen and oxygen atoms in total. The van der Waals surface area contributed by atoms with E-state index in [9.17, 15) is 9.59 Å². The van der Waals surface area contributed by atoms with E-state index >= 15 is 0 Å². The normalized spacial score (nSPS) is 19.1. The van der Waals surface area contributed by atoms with Gasteiger partial charge in [0.15, 0.2) is 0 Å². The van der Waals surface area contributed by atoms with Crippen LogP contribution in [0.4, 0.5) is 11.5 Å². The predicted octanol–water partition coefficient (Wildman–Crippen LogP) is 0.0453. The van der Waals surface area contributed by atoms with Crippen LogP contribution >= 0.6 is 0 Å². The summed E-state index contributed by atoms with van der Waals surface area (Å²) in [6, 6.07) is 0.196. The highest BCUT2D eigenvalue weighted by atomic mass is 16.2. The van der Waals surface area contributed by atoms with E-state index in [2.05, 4.69) is 17.1 Å². The van der Waals surface area contributed by atoms with Crippen molar-refractivity contribution in [1.82, 2.24) is 14.0 Å². The van der Waals surface area contributed by atoms with Crippen molar-refractivity contribution in [3.05, 3.63) is 20.8 Å². The first kappa shape index (κ1) is 15.6. The van der Waals surface area contributed by atoms with Gasteiger partial charge in [0, 0.05) is 26.2 Å². The summed E-state index contributed by atoms with van der Waals surface area (Å²) in [7, 11) is 3.55. The van der Waals surface area contributed by atoms with E-state index in [-0.39, 0.29) is 23.1 Å². The maximum atomic E-state index is 12.3. The Bertz CT molecular complexity index is 619. The minimum absolute atomic E-state index is 0.196. The molecular weight excluding hydrogens is 270 g/mol. The van der Waals surface area contributed by atoms with E-state index < -0.39 is 0 Å². The van der Waals surface area contributed by atoms with Crippen molar-refractivity contribution in [2.75, 3.05) is 31.2 Å². The Hall–Kier alpha value is -1.76. The van der Waals surface area contributed by atoms with Gasteiger partial charge in [0.25, 0.3) is 5.56 Å². The smallest absolute Gasteiger partial charge is 0.332 e. The molecule has 21 heavy (non-hydrogen) atoms. The number of nitrogens with one attached hydrogen (secondary N) is 1. The van der Waals surface area contributed by atoms with E-state index in [1.165, 1.54) is 11.6 Å². The van der Waals surface area contributed by atoms with Crippen molar-refractivity contribution >= 4 is 11.5 Å². The number of likely N-dealkylation sites (N-methyl/N-ethyl adjacent to an activating group) is 1. The molecule has 118 valence electrons. The lowest BCUT2D eigenvalue weighted by Gasteiger charge is -2.19. The largest absolute Gasteiger partial charge is 0.383 e. The first-order chi connectivity index (χ1) is 9.95. The summed E-state index contributed by atoms with van der Waals surface area (Å²) < 4.78 is 2.62. The van der Waals surface area contributed by atoms with Gasteiger partial charge in [-0.25, -0.2) is 4.79 Å². The summed E-state index contributed by atoms with van der Waals surface area (Å²) in [6.07, 6.45) is 2.78. The second-order valence-corrected chi connectivity index (χ2v) is 5.80. The number of anilines is 2. The van der Waals surface area contributed by atoms with Gasteiger partial charge in [0.05, 0.1) is 0 Å². The number of nitrogens with zero attached hydrogens (tertiary/aromatic N) is 3. The molecule has 0 aromatic carbocycles. The molecule has 0 amide bonds. The first-order valence-electron chi connectivity index (χ1n) is 7.50. The lowest BCUT2D eigenvalue weighted by atomic mass is 10.2. The quantitative estimate of drug-likeness (QED) is 0.801. The van der Waals surface area contributed by atoms with Crippen molar-refractivity contribution in [3.8, 4) is 0 Å². The maximum absolute atomic E-state index is 12.3. The standard InChI is InChI=1S/C14H25N5O2/c1-4-5-7-19-12(15)11(13(20)18(3)14(19)21)16-10-6-8-17(2)9-10/h10,16H,4-9,15H2,1-3H3. The Morgan fingerprint density at radius 3 is 2.62 bits per heavy atom. The van der Waals surface area contributed by atoms with Crippen LogP contribution in [0.5, 0.6) is 0 Å². The first-order valence-corrected chi connectivity index (χ1v) is 7.50. The molecule has 1 saturated heterocycles. The summed E-state index contributed by atoms with van der Waals surface area (Å²) in [5.74, 6) is 0.256. The highest BCUT2D eigenvalue weighted by Gasteiger charge is 2.23. The van der Waals surface area contributed by atoms with Gasteiger partial charge in [-0.2, -0.15) is 0 Å². The molecule has 1 aromatic heterocycles. The van der Waals surface area contributed by atoms with Crippen LogP contribution in [-0.4, -0.2) is 40.2 Å². The molecule has 0 aliphatic carbocycles. The number of hydrogen-bond donors (Lipinski definition) is 2. The molecule has 2 heterocycles. The second-order valence-electron chi connectivity index (χ2n) is 5.80. The van der Waals surface area contributed by atoms with E-state index in [4.69, 9.17) is 5.73 Å². The number of hydrogen-bond acceptors (Lipinski definition) is 5. The molecule has 0 spiro atoms. The van der Waals surface area contributed by atoms with Crippen LogP contribution in [0.25, 0.3) is 0 Å². The van der Waals surface area contributed by atoms with Gasteiger partial charge in [-0.15, -0.1) is 0 Å². The van der Waals surface area contributed by atoms with Crippen LogP contribution in [-0.2, 0) is 13.6 Å². The summed E-state index contributed by atoms with van der Waals surface area (Å²) >= 11 is 0. The summed E-state index contributed by atoms with van der Waals surface area (Å²) in [6.45, 7) is 4.45. The molecule has 1 fully saturated rings. The van der Waals surface area contributed by atoms with Crippen LogP contribution in [0.15, 0.2) is 9.59 Å². The zero-order chi connectivity index (χ0) is 15.6. The fourth-order valence-corrected chi connectivity index (χ4v) is 2.71. The summed E-state index contributed by atoms with van der Waals surface area (Å²) in [4.78, 5) is 26.7. The second kappa shape index (κ2) is 6.34. The molecule has 1 atom stereocenters. The number of aromatic nitrogens is 2. The fraction of sp³-hybridized carbons (Fsp3) is 0.714. The minimum Gasteiger partial charge on any atom is -0.383 e. The van der Waals surface area contributed by atoms with E-state index in [1.807, 2.05) is 7.05 Å². The molecule has 0 bridgehead atoms. The molecule has 0 radical (unpaired) electrons. The Balaban J connectivity index is 2.38. The topological polar surface area (TPSA) is 85.3 Å². The molecule has 2 rings (SSSR count). The molecule has 0 saturated carbocycles. The number of rotatable bonds is 5. The zero-order valence-corrected chi connectivity index (χ0v) is 13.1. The SMILES string of the molecule is CCCCn1c(N)c(NC2CCN(C)C2)c(=O)n(C)c1=O. The number of unbranched alkanes of at least 4 members (excludes halogenated alkanes) is 1. The van der Waals surface area contributed by atoms with Crippen molar-refractivity contribution in [1.29, 1.82) is 0 Å². The van der Waals surface area contributed by atoms with Crippen molar-refractivity contribution in [2.45, 2.75) is 38.8 Å². The predicted molar refractivity (Wildman–Crippen MR) is 84.8 cm³/mol. The van der Waals surface area contributed by atoms with Gasteiger partial charge >= 0.3 is 5.69 Å².